The maximum atomic E-state index is 12.9. The van der Waals surface area contributed by atoms with Crippen LogP contribution in [0.3, 0.4) is 0 Å². The molecule has 0 aliphatic heterocycles. The minimum atomic E-state index is -3.88. The lowest BCUT2D eigenvalue weighted by atomic mass is 10.1. The first-order valence-corrected chi connectivity index (χ1v) is 10.6. The molecule has 0 aliphatic rings. The summed E-state index contributed by atoms with van der Waals surface area (Å²) >= 11 is 0. The van der Waals surface area contributed by atoms with Crippen molar-refractivity contribution in [3.63, 3.8) is 0 Å². The Balaban J connectivity index is 1.70. The Hall–Kier alpha value is -3.98. The lowest BCUT2D eigenvalue weighted by Crippen LogP contribution is -2.28. The molecule has 8 nitrogen and oxygen atoms in total. The Morgan fingerprint density at radius 3 is 2.39 bits per heavy atom. The molecule has 9 heteroatoms. The Labute approximate surface area is 179 Å². The first-order valence-electron chi connectivity index (χ1n) is 9.09. The van der Waals surface area contributed by atoms with Gasteiger partial charge in [0.25, 0.3) is 0 Å². The number of anilines is 1. The number of amides is 2. The van der Waals surface area contributed by atoms with Crippen LogP contribution in [-0.2, 0) is 21.2 Å². The second-order valence-electron chi connectivity index (χ2n) is 6.51. The number of nitrogens with zero attached hydrogens (tertiary/aromatic N) is 1. The Kier molecular flexibility index (Phi) is 6.46. The van der Waals surface area contributed by atoms with Crippen LogP contribution in [0.15, 0.2) is 89.4 Å². The molecule has 0 bridgehead atoms. The normalized spacial score (nSPS) is 10.8. The number of hydrogen-bond acceptors (Lipinski definition) is 5. The smallest absolute Gasteiger partial charge is 0.335 e. The van der Waals surface area contributed by atoms with Gasteiger partial charge < -0.3 is 15.7 Å². The summed E-state index contributed by atoms with van der Waals surface area (Å²) < 4.78 is 25.8. The van der Waals surface area contributed by atoms with Gasteiger partial charge in [0.15, 0.2) is 0 Å². The van der Waals surface area contributed by atoms with Crippen molar-refractivity contribution in [3.05, 3.63) is 90.8 Å². The third-order valence-corrected chi connectivity index (χ3v) is 6.12. The van der Waals surface area contributed by atoms with Crippen molar-refractivity contribution in [2.45, 2.75) is 16.3 Å². The van der Waals surface area contributed by atoms with Crippen molar-refractivity contribution >= 4 is 33.1 Å². The monoisotopic (exact) mass is 437 g/mol. The van der Waals surface area contributed by atoms with Crippen LogP contribution in [0.1, 0.15) is 11.1 Å². The number of carbonyl (C=O) groups is 2. The van der Waals surface area contributed by atoms with E-state index < -0.39 is 21.8 Å². The number of carbonyl (C=O) groups excluding carboxylic acids is 1. The Morgan fingerprint density at radius 1 is 1.00 bits per heavy atom. The number of sulfone groups is 1. The number of hydrogen-bond donors (Lipinski definition) is 3. The van der Waals surface area contributed by atoms with E-state index in [9.17, 15) is 18.0 Å². The first kappa shape index (κ1) is 21.7. The molecule has 2 amide bonds. The molecule has 0 radical (unpaired) electrons. The van der Waals surface area contributed by atoms with E-state index in [0.29, 0.717) is 12.2 Å². The zero-order valence-corrected chi connectivity index (χ0v) is 17.1. The summed E-state index contributed by atoms with van der Waals surface area (Å²) in [5, 5.41) is 14.4. The van der Waals surface area contributed by atoms with Crippen LogP contribution in [0.25, 0.3) is 5.57 Å². The molecule has 31 heavy (non-hydrogen) atoms. The number of aromatic nitrogens is 1. The van der Waals surface area contributed by atoms with E-state index in [2.05, 4.69) is 22.2 Å². The number of rotatable bonds is 7. The molecule has 0 atom stereocenters. The third kappa shape index (κ3) is 5.34. The molecular formula is C22H19N3O5S. The zero-order chi connectivity index (χ0) is 22.4. The fraction of sp³-hybridized carbons (Fsp3) is 0.0455. The number of benzene rings is 2. The molecule has 0 saturated carbocycles. The molecule has 0 unspecified atom stereocenters. The largest absolute Gasteiger partial charge is 0.478 e. The van der Waals surface area contributed by atoms with Crippen LogP contribution >= 0.6 is 0 Å². The molecule has 3 N–H and O–H groups in total. The molecule has 158 valence electrons. The molecule has 0 fully saturated rings. The SMILES string of the molecule is C=C(C(=O)O)c1cccc(S(=O)(=O)c2ccc(NC(=O)NCc3cccnc3)cc2)c1. The molecule has 3 rings (SSSR count). The summed E-state index contributed by atoms with van der Waals surface area (Å²) in [5.74, 6) is -1.23. The maximum absolute atomic E-state index is 12.9. The van der Waals surface area contributed by atoms with Gasteiger partial charge >= 0.3 is 12.0 Å². The van der Waals surface area contributed by atoms with Gasteiger partial charge in [-0.2, -0.15) is 0 Å². The highest BCUT2D eigenvalue weighted by atomic mass is 32.2. The van der Waals surface area contributed by atoms with Crippen molar-refractivity contribution < 1.29 is 23.1 Å². The van der Waals surface area contributed by atoms with Gasteiger partial charge in [-0.15, -0.1) is 0 Å². The summed E-state index contributed by atoms with van der Waals surface area (Å²) in [6.45, 7) is 3.75. The molecule has 3 aromatic rings. The van der Waals surface area contributed by atoms with Gasteiger partial charge in [0.2, 0.25) is 9.84 Å². The average Bonchev–Trinajstić information content (AvgIpc) is 2.78. The highest BCUT2D eigenvalue weighted by Gasteiger charge is 2.19. The predicted molar refractivity (Wildman–Crippen MR) is 115 cm³/mol. The van der Waals surface area contributed by atoms with Crippen LogP contribution in [0.5, 0.6) is 0 Å². The number of nitrogens with one attached hydrogen (secondary N) is 2. The standard InChI is InChI=1S/C22H19N3O5S/c1-15(21(26)27)17-5-2-6-20(12-17)31(29,30)19-9-7-18(8-10-19)25-22(28)24-14-16-4-3-11-23-13-16/h2-13H,1,14H2,(H,26,27)(H2,24,25,28). The van der Waals surface area contributed by atoms with Crippen LogP contribution in [0, 0.1) is 0 Å². The van der Waals surface area contributed by atoms with Gasteiger partial charge in [-0.05, 0) is 53.6 Å². The molecular weight excluding hydrogens is 418 g/mol. The topological polar surface area (TPSA) is 125 Å². The van der Waals surface area contributed by atoms with Gasteiger partial charge in [-0.1, -0.05) is 24.8 Å². The van der Waals surface area contributed by atoms with Crippen LogP contribution in [-0.4, -0.2) is 30.5 Å². The van der Waals surface area contributed by atoms with Crippen molar-refractivity contribution in [1.82, 2.24) is 10.3 Å². The Morgan fingerprint density at radius 2 is 1.74 bits per heavy atom. The van der Waals surface area contributed by atoms with E-state index in [1.807, 2.05) is 6.07 Å². The summed E-state index contributed by atoms with van der Waals surface area (Å²) in [5.41, 5.74) is 1.26. The van der Waals surface area contributed by atoms with Crippen LogP contribution in [0.2, 0.25) is 0 Å². The van der Waals surface area contributed by atoms with Crippen molar-refractivity contribution in [2.75, 3.05) is 5.32 Å². The van der Waals surface area contributed by atoms with Gasteiger partial charge in [-0.25, -0.2) is 18.0 Å². The Bertz CT molecular complexity index is 1220. The fourth-order valence-electron chi connectivity index (χ4n) is 2.69. The van der Waals surface area contributed by atoms with Gasteiger partial charge in [0.1, 0.15) is 0 Å². The van der Waals surface area contributed by atoms with E-state index in [1.165, 1.54) is 48.5 Å². The lowest BCUT2D eigenvalue weighted by molar-refractivity contribution is -0.130. The van der Waals surface area contributed by atoms with Gasteiger partial charge in [0.05, 0.1) is 15.4 Å². The van der Waals surface area contributed by atoms with E-state index >= 15 is 0 Å². The quantitative estimate of drug-likeness (QED) is 0.487. The van der Waals surface area contributed by atoms with E-state index in [1.54, 1.807) is 18.5 Å². The number of aliphatic carboxylic acids is 1. The number of carboxylic acids is 1. The van der Waals surface area contributed by atoms with E-state index in [-0.39, 0.29) is 20.9 Å². The molecule has 1 heterocycles. The zero-order valence-electron chi connectivity index (χ0n) is 16.3. The summed E-state index contributed by atoms with van der Waals surface area (Å²) in [4.78, 5) is 27.0. The highest BCUT2D eigenvalue weighted by molar-refractivity contribution is 7.91. The van der Waals surface area contributed by atoms with Gasteiger partial charge in [0, 0.05) is 24.6 Å². The third-order valence-electron chi connectivity index (χ3n) is 4.35. The number of urea groups is 1. The number of carboxylic acid groups (broad SMARTS) is 1. The van der Waals surface area contributed by atoms with Crippen LogP contribution in [0.4, 0.5) is 10.5 Å². The minimum Gasteiger partial charge on any atom is -0.478 e. The van der Waals surface area contributed by atoms with Gasteiger partial charge in [-0.3, -0.25) is 4.98 Å². The van der Waals surface area contributed by atoms with E-state index in [0.717, 1.165) is 5.56 Å². The second kappa shape index (κ2) is 9.23. The fourth-order valence-corrected chi connectivity index (χ4v) is 3.99. The molecule has 0 aliphatic carbocycles. The average molecular weight is 437 g/mol. The second-order valence-corrected chi connectivity index (χ2v) is 8.46. The minimum absolute atomic E-state index is 0.00639. The lowest BCUT2D eigenvalue weighted by Gasteiger charge is -2.10. The molecule has 2 aromatic carbocycles. The maximum Gasteiger partial charge on any atom is 0.335 e. The van der Waals surface area contributed by atoms with Crippen LogP contribution < -0.4 is 10.6 Å². The molecule has 0 saturated heterocycles. The van der Waals surface area contributed by atoms with E-state index in [4.69, 9.17) is 5.11 Å². The van der Waals surface area contributed by atoms with Crippen molar-refractivity contribution in [2.24, 2.45) is 0 Å². The van der Waals surface area contributed by atoms with Crippen molar-refractivity contribution in [1.29, 1.82) is 0 Å². The highest BCUT2D eigenvalue weighted by Crippen LogP contribution is 2.25. The summed E-state index contributed by atoms with van der Waals surface area (Å²) in [6, 6.07) is 14.4. The summed E-state index contributed by atoms with van der Waals surface area (Å²) in [6.07, 6.45) is 3.28. The molecule has 1 aromatic heterocycles. The first-order chi connectivity index (χ1) is 14.8. The number of pyridine rings is 1. The molecule has 0 spiro atoms. The van der Waals surface area contributed by atoms with Crippen molar-refractivity contribution in [3.8, 4) is 0 Å². The summed E-state index contributed by atoms with van der Waals surface area (Å²) in [7, 11) is -3.88. The predicted octanol–water partition coefficient (Wildman–Crippen LogP) is 3.33.